The summed E-state index contributed by atoms with van der Waals surface area (Å²) in [5.74, 6) is 0.000225. The van der Waals surface area contributed by atoms with E-state index in [1.807, 2.05) is 48.5 Å². The number of aromatic nitrogens is 2. The highest BCUT2D eigenvalue weighted by Gasteiger charge is 2.15. The van der Waals surface area contributed by atoms with Crippen molar-refractivity contribution in [2.24, 2.45) is 0 Å². The summed E-state index contributed by atoms with van der Waals surface area (Å²) in [4.78, 5) is 12.1. The monoisotopic (exact) mass is 341 g/mol. The number of rotatable bonds is 6. The molecule has 1 N–H and O–H groups in total. The van der Waals surface area contributed by atoms with Gasteiger partial charge in [-0.2, -0.15) is 0 Å². The van der Waals surface area contributed by atoms with E-state index in [-0.39, 0.29) is 5.89 Å². The summed E-state index contributed by atoms with van der Waals surface area (Å²) in [6, 6.07) is 17.3. The molecular formula is C18H16ClN3O2. The summed E-state index contributed by atoms with van der Waals surface area (Å²) in [7, 11) is 0. The van der Waals surface area contributed by atoms with Gasteiger partial charge in [0, 0.05) is 18.0 Å². The standard InChI is InChI=1S/C18H16ClN3O2/c19-15-9-5-4-8-14(15)12-20-17(23)18-22-21-16(24-18)11-10-13-6-2-1-3-7-13/h1-9H,10-12H2,(H,20,23). The molecule has 0 aliphatic heterocycles. The first-order valence-corrected chi connectivity index (χ1v) is 7.98. The molecule has 0 spiro atoms. The number of aryl methyl sites for hydroxylation is 2. The molecule has 0 unspecified atom stereocenters. The van der Waals surface area contributed by atoms with Crippen molar-refractivity contribution >= 4 is 17.5 Å². The van der Waals surface area contributed by atoms with Crippen LogP contribution in [-0.4, -0.2) is 16.1 Å². The molecular weight excluding hydrogens is 326 g/mol. The Bertz CT molecular complexity index is 818. The minimum atomic E-state index is -0.409. The third kappa shape index (κ3) is 4.20. The number of benzene rings is 2. The first kappa shape index (κ1) is 16.2. The third-order valence-electron chi connectivity index (χ3n) is 3.53. The number of carbonyl (C=O) groups is 1. The molecule has 0 aliphatic rings. The van der Waals surface area contributed by atoms with Crippen LogP contribution in [0.1, 0.15) is 27.7 Å². The van der Waals surface area contributed by atoms with Gasteiger partial charge in [-0.25, -0.2) is 0 Å². The highest BCUT2D eigenvalue weighted by molar-refractivity contribution is 6.31. The molecule has 6 heteroatoms. The molecule has 2 aromatic carbocycles. The summed E-state index contributed by atoms with van der Waals surface area (Å²) in [5.41, 5.74) is 2.01. The third-order valence-corrected chi connectivity index (χ3v) is 3.90. The smallest absolute Gasteiger partial charge is 0.309 e. The van der Waals surface area contributed by atoms with Crippen molar-refractivity contribution in [1.82, 2.24) is 15.5 Å². The average Bonchev–Trinajstić information content (AvgIpc) is 3.09. The van der Waals surface area contributed by atoms with E-state index in [0.29, 0.717) is 23.9 Å². The van der Waals surface area contributed by atoms with E-state index in [9.17, 15) is 4.79 Å². The van der Waals surface area contributed by atoms with Crippen molar-refractivity contribution < 1.29 is 9.21 Å². The van der Waals surface area contributed by atoms with Crippen LogP contribution in [0.25, 0.3) is 0 Å². The van der Waals surface area contributed by atoms with Crippen LogP contribution in [0.4, 0.5) is 0 Å². The second-order valence-electron chi connectivity index (χ2n) is 5.26. The molecule has 0 saturated heterocycles. The fourth-order valence-corrected chi connectivity index (χ4v) is 2.44. The van der Waals surface area contributed by atoms with E-state index in [4.69, 9.17) is 16.0 Å². The van der Waals surface area contributed by atoms with Crippen molar-refractivity contribution in [2.45, 2.75) is 19.4 Å². The molecule has 0 bridgehead atoms. The van der Waals surface area contributed by atoms with E-state index in [1.165, 1.54) is 5.56 Å². The topological polar surface area (TPSA) is 68.0 Å². The molecule has 24 heavy (non-hydrogen) atoms. The van der Waals surface area contributed by atoms with Crippen molar-refractivity contribution in [3.8, 4) is 0 Å². The lowest BCUT2D eigenvalue weighted by Crippen LogP contribution is -2.23. The number of nitrogens with one attached hydrogen (secondary N) is 1. The van der Waals surface area contributed by atoms with Gasteiger partial charge < -0.3 is 9.73 Å². The summed E-state index contributed by atoms with van der Waals surface area (Å²) < 4.78 is 5.42. The normalized spacial score (nSPS) is 10.5. The Labute approximate surface area is 144 Å². The molecule has 3 rings (SSSR count). The Morgan fingerprint density at radius 1 is 1.00 bits per heavy atom. The number of amides is 1. The minimum Gasteiger partial charge on any atom is -0.417 e. The van der Waals surface area contributed by atoms with E-state index in [0.717, 1.165) is 12.0 Å². The van der Waals surface area contributed by atoms with Crippen molar-refractivity contribution in [2.75, 3.05) is 0 Å². The van der Waals surface area contributed by atoms with Crippen molar-refractivity contribution in [3.63, 3.8) is 0 Å². The Balaban J connectivity index is 1.55. The Kier molecular flexibility index (Phi) is 5.23. The van der Waals surface area contributed by atoms with Crippen LogP contribution in [0.15, 0.2) is 59.0 Å². The van der Waals surface area contributed by atoms with Crippen LogP contribution >= 0.6 is 11.6 Å². The van der Waals surface area contributed by atoms with Gasteiger partial charge >= 0.3 is 11.8 Å². The molecule has 5 nitrogen and oxygen atoms in total. The van der Waals surface area contributed by atoms with Crippen LogP contribution in [0.5, 0.6) is 0 Å². The lowest BCUT2D eigenvalue weighted by Gasteiger charge is -2.04. The molecule has 122 valence electrons. The second-order valence-corrected chi connectivity index (χ2v) is 5.67. The van der Waals surface area contributed by atoms with Gasteiger partial charge in [-0.1, -0.05) is 60.1 Å². The number of nitrogens with zero attached hydrogens (tertiary/aromatic N) is 2. The Morgan fingerprint density at radius 3 is 2.54 bits per heavy atom. The Hall–Kier alpha value is -2.66. The van der Waals surface area contributed by atoms with Crippen LogP contribution in [-0.2, 0) is 19.4 Å². The molecule has 1 aromatic heterocycles. The fraction of sp³-hybridized carbons (Fsp3) is 0.167. The van der Waals surface area contributed by atoms with Crippen LogP contribution in [0.3, 0.4) is 0 Å². The average molecular weight is 342 g/mol. The first-order chi connectivity index (χ1) is 11.7. The van der Waals surface area contributed by atoms with Gasteiger partial charge in [0.05, 0.1) is 0 Å². The van der Waals surface area contributed by atoms with Gasteiger partial charge in [-0.05, 0) is 23.6 Å². The van der Waals surface area contributed by atoms with Gasteiger partial charge in [0.15, 0.2) is 0 Å². The van der Waals surface area contributed by atoms with Gasteiger partial charge in [0.2, 0.25) is 5.89 Å². The van der Waals surface area contributed by atoms with Gasteiger partial charge in [-0.3, -0.25) is 4.79 Å². The fourth-order valence-electron chi connectivity index (χ4n) is 2.24. The summed E-state index contributed by atoms with van der Waals surface area (Å²) in [6.45, 7) is 0.306. The minimum absolute atomic E-state index is 0.0369. The lowest BCUT2D eigenvalue weighted by molar-refractivity contribution is 0.0914. The number of carbonyl (C=O) groups excluding carboxylic acids is 1. The predicted octanol–water partition coefficient (Wildman–Crippen LogP) is 3.44. The van der Waals surface area contributed by atoms with Crippen LogP contribution in [0, 0.1) is 0 Å². The lowest BCUT2D eigenvalue weighted by atomic mass is 10.1. The quantitative estimate of drug-likeness (QED) is 0.745. The molecule has 1 amide bonds. The Morgan fingerprint density at radius 2 is 1.75 bits per heavy atom. The van der Waals surface area contributed by atoms with E-state index < -0.39 is 5.91 Å². The van der Waals surface area contributed by atoms with Crippen molar-refractivity contribution in [1.29, 1.82) is 0 Å². The number of hydrogen-bond donors (Lipinski definition) is 1. The zero-order valence-corrected chi connectivity index (χ0v) is 13.7. The van der Waals surface area contributed by atoms with Crippen LogP contribution in [0.2, 0.25) is 5.02 Å². The van der Waals surface area contributed by atoms with Gasteiger partial charge in [0.1, 0.15) is 0 Å². The first-order valence-electron chi connectivity index (χ1n) is 7.60. The molecule has 0 saturated carbocycles. The maximum absolute atomic E-state index is 12.1. The summed E-state index contributed by atoms with van der Waals surface area (Å²) in [5, 5.41) is 11.0. The largest absolute Gasteiger partial charge is 0.417 e. The zero-order chi connectivity index (χ0) is 16.8. The maximum atomic E-state index is 12.1. The second kappa shape index (κ2) is 7.75. The summed E-state index contributed by atoms with van der Waals surface area (Å²) in [6.07, 6.45) is 1.37. The van der Waals surface area contributed by atoms with E-state index in [2.05, 4.69) is 15.5 Å². The molecule has 0 fully saturated rings. The number of halogens is 1. The highest BCUT2D eigenvalue weighted by Crippen LogP contribution is 2.14. The molecule has 1 heterocycles. The highest BCUT2D eigenvalue weighted by atomic mass is 35.5. The summed E-state index contributed by atoms with van der Waals surface area (Å²) >= 11 is 6.05. The predicted molar refractivity (Wildman–Crippen MR) is 90.8 cm³/mol. The molecule has 3 aromatic rings. The van der Waals surface area contributed by atoms with Crippen LogP contribution < -0.4 is 5.32 Å². The number of hydrogen-bond acceptors (Lipinski definition) is 4. The van der Waals surface area contributed by atoms with E-state index in [1.54, 1.807) is 6.07 Å². The molecule has 0 aliphatic carbocycles. The van der Waals surface area contributed by atoms with E-state index >= 15 is 0 Å². The van der Waals surface area contributed by atoms with Crippen molar-refractivity contribution in [3.05, 3.63) is 82.5 Å². The SMILES string of the molecule is O=C(NCc1ccccc1Cl)c1nnc(CCc2ccccc2)o1. The molecule has 0 atom stereocenters. The zero-order valence-electron chi connectivity index (χ0n) is 12.9. The van der Waals surface area contributed by atoms with Gasteiger partial charge in [-0.15, -0.1) is 10.2 Å². The molecule has 0 radical (unpaired) electrons. The maximum Gasteiger partial charge on any atom is 0.309 e. The van der Waals surface area contributed by atoms with Gasteiger partial charge in [0.25, 0.3) is 0 Å².